The van der Waals surface area contributed by atoms with Crippen molar-refractivity contribution in [3.63, 3.8) is 0 Å². The molecule has 62 valence electrons. The molecule has 1 aromatic rings. The zero-order chi connectivity index (χ0) is 8.27. The molecular weight excluding hydrogens is 144 g/mol. The number of H-pyrrole nitrogens is 1. The van der Waals surface area contributed by atoms with Gasteiger partial charge < -0.3 is 5.73 Å². The van der Waals surface area contributed by atoms with Crippen molar-refractivity contribution in [2.45, 2.75) is 25.9 Å². The third-order valence-corrected chi connectivity index (χ3v) is 1.57. The third-order valence-electron chi connectivity index (χ3n) is 1.57. The molecule has 0 spiro atoms. The lowest BCUT2D eigenvalue weighted by molar-refractivity contribution is 0.528. The first-order valence-corrected chi connectivity index (χ1v) is 3.59. The molecule has 1 unspecified atom stereocenters. The Balaban J connectivity index is 2.64. The fourth-order valence-corrected chi connectivity index (χ4v) is 0.782. The Morgan fingerprint density at radius 2 is 2.64 bits per heavy atom. The summed E-state index contributed by atoms with van der Waals surface area (Å²) in [6, 6.07) is 0.0327. The van der Waals surface area contributed by atoms with Crippen molar-refractivity contribution < 1.29 is 0 Å². The number of nitrogens with two attached hydrogens (primary N) is 1. The lowest BCUT2D eigenvalue weighted by Crippen LogP contribution is -2.29. The maximum absolute atomic E-state index is 10.9. The molecule has 1 heterocycles. The van der Waals surface area contributed by atoms with Gasteiger partial charge in [0.2, 0.25) is 0 Å². The molecule has 0 aliphatic heterocycles. The number of aromatic nitrogens is 3. The quantitative estimate of drug-likeness (QED) is 0.608. The van der Waals surface area contributed by atoms with E-state index in [1.165, 1.54) is 10.9 Å². The predicted molar refractivity (Wildman–Crippen MR) is 41.1 cm³/mol. The van der Waals surface area contributed by atoms with E-state index < -0.39 is 0 Å². The van der Waals surface area contributed by atoms with Crippen LogP contribution in [-0.4, -0.2) is 20.8 Å². The highest BCUT2D eigenvalue weighted by molar-refractivity contribution is 4.67. The van der Waals surface area contributed by atoms with Gasteiger partial charge in [0.1, 0.15) is 6.33 Å². The molecule has 0 bridgehead atoms. The molecule has 0 saturated carbocycles. The molecule has 0 saturated heterocycles. The van der Waals surface area contributed by atoms with Crippen molar-refractivity contribution in [3.8, 4) is 0 Å². The summed E-state index contributed by atoms with van der Waals surface area (Å²) in [4.78, 5) is 10.9. The smallest absolute Gasteiger partial charge is 0.326 e. The Bertz CT molecular complexity index is 264. The topological polar surface area (TPSA) is 76.7 Å². The average Bonchev–Trinajstić information content (AvgIpc) is 2.37. The van der Waals surface area contributed by atoms with Gasteiger partial charge in [-0.3, -0.25) is 4.57 Å². The predicted octanol–water partition coefficient (Wildman–Crippen LogP) is -0.691. The van der Waals surface area contributed by atoms with Crippen LogP contribution in [0.3, 0.4) is 0 Å². The Morgan fingerprint density at radius 3 is 3.09 bits per heavy atom. The lowest BCUT2D eigenvalue weighted by Gasteiger charge is -2.06. The number of nitrogens with one attached hydrogen (secondary N) is 1. The second-order valence-corrected chi connectivity index (χ2v) is 2.48. The van der Waals surface area contributed by atoms with E-state index in [1.54, 1.807) is 0 Å². The van der Waals surface area contributed by atoms with Crippen molar-refractivity contribution in [2.75, 3.05) is 0 Å². The first kappa shape index (κ1) is 8.00. The third kappa shape index (κ3) is 1.91. The van der Waals surface area contributed by atoms with Crippen molar-refractivity contribution in [3.05, 3.63) is 16.8 Å². The molecule has 5 heteroatoms. The van der Waals surface area contributed by atoms with Crippen LogP contribution in [0.15, 0.2) is 11.1 Å². The summed E-state index contributed by atoms with van der Waals surface area (Å²) in [7, 11) is 0. The molecule has 1 atom stereocenters. The van der Waals surface area contributed by atoms with Crippen LogP contribution in [0.5, 0.6) is 0 Å². The summed E-state index contributed by atoms with van der Waals surface area (Å²) in [5.74, 6) is 0. The van der Waals surface area contributed by atoms with E-state index in [1.807, 2.05) is 6.92 Å². The molecule has 11 heavy (non-hydrogen) atoms. The van der Waals surface area contributed by atoms with E-state index in [9.17, 15) is 4.79 Å². The monoisotopic (exact) mass is 156 g/mol. The standard InChI is InChI=1S/C6H12N4O/c1-2-5(7)3-10-4-8-9-6(10)11/h4-5H,2-3,7H2,1H3,(H,9,11). The highest BCUT2D eigenvalue weighted by Gasteiger charge is 2.02. The summed E-state index contributed by atoms with van der Waals surface area (Å²) in [5.41, 5.74) is 5.43. The van der Waals surface area contributed by atoms with E-state index in [0.29, 0.717) is 6.54 Å². The van der Waals surface area contributed by atoms with Gasteiger partial charge in [0.15, 0.2) is 0 Å². The number of hydrogen-bond acceptors (Lipinski definition) is 3. The van der Waals surface area contributed by atoms with Gasteiger partial charge in [-0.05, 0) is 6.42 Å². The highest BCUT2D eigenvalue weighted by Crippen LogP contribution is 1.88. The van der Waals surface area contributed by atoms with Gasteiger partial charge in [0.05, 0.1) is 0 Å². The van der Waals surface area contributed by atoms with Gasteiger partial charge in [-0.1, -0.05) is 6.92 Å². The van der Waals surface area contributed by atoms with Crippen LogP contribution in [0, 0.1) is 0 Å². The van der Waals surface area contributed by atoms with Gasteiger partial charge in [0.25, 0.3) is 0 Å². The second kappa shape index (κ2) is 3.34. The van der Waals surface area contributed by atoms with Gasteiger partial charge in [-0.15, -0.1) is 0 Å². The molecule has 0 fully saturated rings. The lowest BCUT2D eigenvalue weighted by atomic mass is 10.2. The van der Waals surface area contributed by atoms with Crippen LogP contribution >= 0.6 is 0 Å². The van der Waals surface area contributed by atoms with Crippen LogP contribution in [0.2, 0.25) is 0 Å². The van der Waals surface area contributed by atoms with Gasteiger partial charge >= 0.3 is 5.69 Å². The number of aromatic amines is 1. The first-order valence-electron chi connectivity index (χ1n) is 3.59. The fraction of sp³-hybridized carbons (Fsp3) is 0.667. The summed E-state index contributed by atoms with van der Waals surface area (Å²) in [6.45, 7) is 2.52. The molecule has 1 aromatic heterocycles. The highest BCUT2D eigenvalue weighted by atomic mass is 16.1. The molecule has 1 rings (SSSR count). The maximum Gasteiger partial charge on any atom is 0.343 e. The molecule has 5 nitrogen and oxygen atoms in total. The Hall–Kier alpha value is -1.10. The van der Waals surface area contributed by atoms with Crippen LogP contribution in [-0.2, 0) is 6.54 Å². The number of hydrogen-bond donors (Lipinski definition) is 2. The summed E-state index contributed by atoms with van der Waals surface area (Å²) in [5, 5.41) is 5.88. The molecule has 3 N–H and O–H groups in total. The zero-order valence-electron chi connectivity index (χ0n) is 6.45. The van der Waals surface area contributed by atoms with Crippen LogP contribution in [0.1, 0.15) is 13.3 Å². The minimum absolute atomic E-state index is 0.0327. The summed E-state index contributed by atoms with van der Waals surface area (Å²) in [6.07, 6.45) is 2.31. The first-order chi connectivity index (χ1) is 5.24. The molecule has 0 aromatic carbocycles. The van der Waals surface area contributed by atoms with Crippen LogP contribution < -0.4 is 11.4 Å². The average molecular weight is 156 g/mol. The van der Waals surface area contributed by atoms with Crippen molar-refractivity contribution in [1.82, 2.24) is 14.8 Å². The normalized spacial score (nSPS) is 13.3. The minimum atomic E-state index is -0.200. The van der Waals surface area contributed by atoms with Gasteiger partial charge in [-0.2, -0.15) is 5.10 Å². The fourth-order valence-electron chi connectivity index (χ4n) is 0.782. The van der Waals surface area contributed by atoms with E-state index in [4.69, 9.17) is 5.73 Å². The zero-order valence-corrected chi connectivity index (χ0v) is 6.45. The van der Waals surface area contributed by atoms with Crippen molar-refractivity contribution in [2.24, 2.45) is 5.73 Å². The Kier molecular flexibility index (Phi) is 2.43. The van der Waals surface area contributed by atoms with Crippen molar-refractivity contribution in [1.29, 1.82) is 0 Å². The maximum atomic E-state index is 10.9. The Labute approximate surface area is 64.2 Å². The molecule has 0 amide bonds. The second-order valence-electron chi connectivity index (χ2n) is 2.48. The Morgan fingerprint density at radius 1 is 1.91 bits per heavy atom. The SMILES string of the molecule is CCC(N)Cn1cn[nH]c1=O. The number of nitrogens with zero attached hydrogens (tertiary/aromatic N) is 2. The van der Waals surface area contributed by atoms with E-state index >= 15 is 0 Å². The van der Waals surface area contributed by atoms with Crippen LogP contribution in [0.25, 0.3) is 0 Å². The van der Waals surface area contributed by atoms with Gasteiger partial charge in [-0.25, -0.2) is 9.89 Å². The summed E-state index contributed by atoms with van der Waals surface area (Å²) < 4.78 is 1.47. The van der Waals surface area contributed by atoms with E-state index in [-0.39, 0.29) is 11.7 Å². The van der Waals surface area contributed by atoms with Crippen LogP contribution in [0.4, 0.5) is 0 Å². The summed E-state index contributed by atoms with van der Waals surface area (Å²) >= 11 is 0. The molecular formula is C6H12N4O. The largest absolute Gasteiger partial charge is 0.343 e. The van der Waals surface area contributed by atoms with Gasteiger partial charge in [0, 0.05) is 12.6 Å². The van der Waals surface area contributed by atoms with Crippen molar-refractivity contribution >= 4 is 0 Å². The number of rotatable bonds is 3. The molecule has 0 radical (unpaired) electrons. The molecule has 0 aliphatic carbocycles. The van der Waals surface area contributed by atoms with E-state index in [2.05, 4.69) is 10.2 Å². The molecule has 0 aliphatic rings. The minimum Gasteiger partial charge on any atom is -0.326 e. The van der Waals surface area contributed by atoms with E-state index in [0.717, 1.165) is 6.42 Å².